The van der Waals surface area contributed by atoms with Crippen molar-refractivity contribution in [2.75, 3.05) is 18.0 Å². The van der Waals surface area contributed by atoms with E-state index in [1.54, 1.807) is 31.5 Å². The lowest BCUT2D eigenvalue weighted by atomic mass is 9.92. The standard InChI is InChI=1S/C29H28N8O4S/c1-15(2)37-17(4)9-20(33-37)10-22(38)19-12-35(13-19)23-8-16(3)24-25(39)21(28(40)41)14-36(27(24)31-23)29-32-26(34-42-29)18-6-5-7-30-11-18/h5-9,11,14-15,19H,10,12-13H2,1-4H3,(H,40,41). The first kappa shape index (κ1) is 27.4. The van der Waals surface area contributed by atoms with Crippen LogP contribution in [0.1, 0.15) is 47.2 Å². The number of carbonyl (C=O) groups is 2. The van der Waals surface area contributed by atoms with Gasteiger partial charge in [-0.2, -0.15) is 14.5 Å². The summed E-state index contributed by atoms with van der Waals surface area (Å²) in [6.07, 6.45) is 4.81. The zero-order valence-corrected chi connectivity index (χ0v) is 24.3. The highest BCUT2D eigenvalue weighted by Gasteiger charge is 2.34. The van der Waals surface area contributed by atoms with E-state index in [2.05, 4.69) is 33.3 Å². The lowest BCUT2D eigenvalue weighted by molar-refractivity contribution is -0.123. The van der Waals surface area contributed by atoms with Crippen LogP contribution in [0.2, 0.25) is 0 Å². The Labute approximate surface area is 244 Å². The maximum atomic E-state index is 13.2. The molecule has 5 aromatic heterocycles. The van der Waals surface area contributed by atoms with E-state index in [4.69, 9.17) is 4.98 Å². The van der Waals surface area contributed by atoms with E-state index in [9.17, 15) is 19.5 Å². The summed E-state index contributed by atoms with van der Waals surface area (Å²) in [5.41, 5.74) is 2.36. The van der Waals surface area contributed by atoms with Crippen molar-refractivity contribution >= 4 is 40.1 Å². The molecule has 6 rings (SSSR count). The number of hydrogen-bond donors (Lipinski definition) is 1. The molecule has 1 fully saturated rings. The Hall–Kier alpha value is -4.78. The highest BCUT2D eigenvalue weighted by atomic mass is 32.1. The monoisotopic (exact) mass is 584 g/mol. The number of anilines is 1. The summed E-state index contributed by atoms with van der Waals surface area (Å²) in [6.45, 7) is 8.83. The van der Waals surface area contributed by atoms with Crippen LogP contribution in [0.15, 0.2) is 47.7 Å². The van der Waals surface area contributed by atoms with Gasteiger partial charge in [0.15, 0.2) is 11.5 Å². The van der Waals surface area contributed by atoms with Gasteiger partial charge in [-0.3, -0.25) is 23.8 Å². The molecule has 1 saturated heterocycles. The predicted molar refractivity (Wildman–Crippen MR) is 157 cm³/mol. The van der Waals surface area contributed by atoms with Gasteiger partial charge >= 0.3 is 5.97 Å². The van der Waals surface area contributed by atoms with Crippen molar-refractivity contribution in [3.63, 3.8) is 0 Å². The molecule has 0 unspecified atom stereocenters. The number of pyridine rings is 3. The topological polar surface area (TPSA) is 149 Å². The second-order valence-corrected chi connectivity index (χ2v) is 11.5. The van der Waals surface area contributed by atoms with Gasteiger partial charge in [0.25, 0.3) is 0 Å². The number of hydrogen-bond acceptors (Lipinski definition) is 10. The fourth-order valence-corrected chi connectivity index (χ4v) is 5.89. The summed E-state index contributed by atoms with van der Waals surface area (Å²) in [7, 11) is 0. The fraction of sp³-hybridized carbons (Fsp3) is 0.310. The molecule has 0 saturated carbocycles. The van der Waals surface area contributed by atoms with Crippen LogP contribution in [0.3, 0.4) is 0 Å². The van der Waals surface area contributed by atoms with E-state index in [0.717, 1.165) is 22.9 Å². The Bertz CT molecular complexity index is 1900. The van der Waals surface area contributed by atoms with Crippen molar-refractivity contribution in [2.45, 2.75) is 40.2 Å². The largest absolute Gasteiger partial charge is 0.477 e. The summed E-state index contributed by atoms with van der Waals surface area (Å²) in [5.74, 6) is -0.353. The van der Waals surface area contributed by atoms with Gasteiger partial charge in [-0.05, 0) is 57.5 Å². The fourth-order valence-electron chi connectivity index (χ4n) is 5.22. The SMILES string of the molecule is Cc1cc(N2CC(C(=O)Cc3cc(C)n(C(C)C)n3)C2)nc2c1c(=O)c(C(=O)O)cn2-c1nc(-c2cccnc2)ns1. The number of carboxylic acids is 1. The average molecular weight is 585 g/mol. The summed E-state index contributed by atoms with van der Waals surface area (Å²) in [6, 6.07) is 7.54. The van der Waals surface area contributed by atoms with Crippen molar-refractivity contribution in [1.29, 1.82) is 0 Å². The predicted octanol–water partition coefficient (Wildman–Crippen LogP) is 3.64. The number of ketones is 1. The maximum absolute atomic E-state index is 13.2. The molecule has 214 valence electrons. The average Bonchev–Trinajstić information content (AvgIpc) is 3.55. The molecule has 1 aliphatic rings. The Kier molecular flexibility index (Phi) is 6.89. The van der Waals surface area contributed by atoms with Crippen LogP contribution in [0.25, 0.3) is 27.6 Å². The molecule has 0 radical (unpaired) electrons. The van der Waals surface area contributed by atoms with Gasteiger partial charge < -0.3 is 10.0 Å². The number of aryl methyl sites for hydroxylation is 2. The molecule has 0 aliphatic carbocycles. The first-order valence-electron chi connectivity index (χ1n) is 13.5. The highest BCUT2D eigenvalue weighted by Crippen LogP contribution is 2.30. The molecule has 0 bridgehead atoms. The minimum absolute atomic E-state index is 0.122. The molecule has 42 heavy (non-hydrogen) atoms. The van der Waals surface area contributed by atoms with Crippen molar-refractivity contribution in [1.82, 2.24) is 33.7 Å². The van der Waals surface area contributed by atoms with E-state index in [1.807, 2.05) is 28.6 Å². The van der Waals surface area contributed by atoms with Gasteiger partial charge in [0, 0.05) is 60.5 Å². The van der Waals surface area contributed by atoms with Crippen LogP contribution in [0.5, 0.6) is 0 Å². The third-order valence-corrected chi connectivity index (χ3v) is 8.11. The first-order chi connectivity index (χ1) is 20.1. The van der Waals surface area contributed by atoms with Crippen molar-refractivity contribution in [2.24, 2.45) is 5.92 Å². The summed E-state index contributed by atoms with van der Waals surface area (Å²) in [5, 5.41) is 14.9. The molecule has 12 nitrogen and oxygen atoms in total. The number of rotatable bonds is 8. The van der Waals surface area contributed by atoms with Crippen LogP contribution >= 0.6 is 11.5 Å². The zero-order valence-electron chi connectivity index (χ0n) is 23.5. The van der Waals surface area contributed by atoms with E-state index in [0.29, 0.717) is 41.0 Å². The second kappa shape index (κ2) is 10.6. The lowest BCUT2D eigenvalue weighted by Gasteiger charge is -2.39. The Morgan fingerprint density at radius 2 is 1.95 bits per heavy atom. The third-order valence-electron chi connectivity index (χ3n) is 7.39. The summed E-state index contributed by atoms with van der Waals surface area (Å²) in [4.78, 5) is 53.7. The number of aromatic carboxylic acids is 1. The molecular weight excluding hydrogens is 556 g/mol. The van der Waals surface area contributed by atoms with Crippen LogP contribution in [-0.4, -0.2) is 63.6 Å². The van der Waals surface area contributed by atoms with Gasteiger partial charge in [-0.15, -0.1) is 0 Å². The molecule has 0 amide bonds. The van der Waals surface area contributed by atoms with Gasteiger partial charge in [-0.25, -0.2) is 9.78 Å². The molecule has 13 heteroatoms. The number of fused-ring (bicyclic) bond motifs is 1. The summed E-state index contributed by atoms with van der Waals surface area (Å²) < 4.78 is 7.84. The Balaban J connectivity index is 1.31. The molecule has 6 heterocycles. The van der Waals surface area contributed by atoms with E-state index < -0.39 is 11.4 Å². The van der Waals surface area contributed by atoms with Crippen LogP contribution in [0.4, 0.5) is 5.82 Å². The highest BCUT2D eigenvalue weighted by molar-refractivity contribution is 7.08. The molecule has 0 aromatic carbocycles. The molecule has 1 N–H and O–H groups in total. The normalized spacial score (nSPS) is 13.6. The first-order valence-corrected chi connectivity index (χ1v) is 14.3. The van der Waals surface area contributed by atoms with Crippen molar-refractivity contribution in [3.8, 4) is 16.5 Å². The van der Waals surface area contributed by atoms with Gasteiger partial charge in [0.1, 0.15) is 17.2 Å². The number of Topliss-reactive ketones (excluding diaryl/α,β-unsaturated/α-hetero) is 1. The molecule has 1 aliphatic heterocycles. The Morgan fingerprint density at radius 1 is 1.17 bits per heavy atom. The van der Waals surface area contributed by atoms with Crippen molar-refractivity contribution < 1.29 is 14.7 Å². The van der Waals surface area contributed by atoms with Crippen molar-refractivity contribution in [3.05, 3.63) is 75.6 Å². The number of nitrogens with zero attached hydrogens (tertiary/aromatic N) is 8. The lowest BCUT2D eigenvalue weighted by Crippen LogP contribution is -2.51. The summed E-state index contributed by atoms with van der Waals surface area (Å²) >= 11 is 1.06. The molecular formula is C29H28N8O4S. The molecule has 0 spiro atoms. The van der Waals surface area contributed by atoms with Gasteiger partial charge in [0.05, 0.1) is 23.4 Å². The zero-order chi connectivity index (χ0) is 29.7. The molecule has 0 atom stereocenters. The van der Waals surface area contributed by atoms with E-state index in [1.165, 1.54) is 10.8 Å². The number of carboxylic acid groups (broad SMARTS) is 1. The number of carbonyl (C=O) groups excluding carboxylic acids is 1. The van der Waals surface area contributed by atoms with E-state index in [-0.39, 0.29) is 40.8 Å². The molecule has 5 aromatic rings. The maximum Gasteiger partial charge on any atom is 0.341 e. The minimum Gasteiger partial charge on any atom is -0.477 e. The number of aromatic nitrogens is 7. The van der Waals surface area contributed by atoms with Gasteiger partial charge in [-0.1, -0.05) is 0 Å². The van der Waals surface area contributed by atoms with E-state index >= 15 is 0 Å². The second-order valence-electron chi connectivity index (χ2n) is 10.7. The van der Waals surface area contributed by atoms with Crippen LogP contribution < -0.4 is 10.3 Å². The minimum atomic E-state index is -1.34. The quantitative estimate of drug-likeness (QED) is 0.286. The van der Waals surface area contributed by atoms with Crippen LogP contribution in [0, 0.1) is 19.8 Å². The van der Waals surface area contributed by atoms with Gasteiger partial charge in [0.2, 0.25) is 10.6 Å². The smallest absolute Gasteiger partial charge is 0.341 e. The third kappa shape index (κ3) is 4.85. The Morgan fingerprint density at radius 3 is 2.62 bits per heavy atom. The van der Waals surface area contributed by atoms with Crippen LogP contribution in [-0.2, 0) is 11.2 Å².